The van der Waals surface area contributed by atoms with Crippen LogP contribution in [0.2, 0.25) is 0 Å². The van der Waals surface area contributed by atoms with Crippen molar-refractivity contribution < 1.29 is 4.79 Å². The Morgan fingerprint density at radius 1 is 1.45 bits per heavy atom. The number of carbonyl (C=O) groups is 1. The van der Waals surface area contributed by atoms with Crippen LogP contribution in [0, 0.1) is 11.3 Å². The smallest absolute Gasteiger partial charge is 0.270 e. The molecule has 0 saturated heterocycles. The lowest BCUT2D eigenvalue weighted by Gasteiger charge is -2.36. The molecule has 4 nitrogen and oxygen atoms in total. The van der Waals surface area contributed by atoms with Crippen molar-refractivity contribution in [2.75, 3.05) is 6.54 Å². The number of nitrogens with zero attached hydrogens (tertiary/aromatic N) is 1. The molecule has 22 heavy (non-hydrogen) atoms. The van der Waals surface area contributed by atoms with Gasteiger partial charge in [-0.05, 0) is 53.3 Å². The molecule has 3 N–H and O–H groups in total. The van der Waals surface area contributed by atoms with Crippen molar-refractivity contribution in [1.29, 1.82) is 5.41 Å². The first-order chi connectivity index (χ1) is 10.5. The minimum absolute atomic E-state index is 0.0363. The van der Waals surface area contributed by atoms with Crippen LogP contribution in [0.25, 0.3) is 0 Å². The summed E-state index contributed by atoms with van der Waals surface area (Å²) in [6.45, 7) is 2.75. The van der Waals surface area contributed by atoms with Crippen LogP contribution >= 0.6 is 15.9 Å². The van der Waals surface area contributed by atoms with E-state index in [9.17, 15) is 4.79 Å². The number of nitrogens with two attached hydrogens (primary N) is 1. The maximum atomic E-state index is 12.7. The Morgan fingerprint density at radius 2 is 2.09 bits per heavy atom. The molecule has 118 valence electrons. The van der Waals surface area contributed by atoms with Gasteiger partial charge in [0, 0.05) is 6.54 Å². The summed E-state index contributed by atoms with van der Waals surface area (Å²) in [7, 11) is 0. The minimum atomic E-state index is -0.201. The number of hydrogen-bond donors (Lipinski definition) is 2. The highest BCUT2D eigenvalue weighted by Gasteiger charge is 2.28. The van der Waals surface area contributed by atoms with Gasteiger partial charge in [0.05, 0.1) is 10.7 Å². The summed E-state index contributed by atoms with van der Waals surface area (Å²) in [6.07, 6.45) is 4.93. The molecule has 1 aromatic rings. The third kappa shape index (κ3) is 4.19. The number of allylic oxidation sites excluding steroid dienone is 1. The Kier molecular flexibility index (Phi) is 5.77. The summed E-state index contributed by atoms with van der Waals surface area (Å²) in [4.78, 5) is 14.5. The number of halogens is 1. The molecule has 0 aromatic heterocycles. The minimum Gasteiger partial charge on any atom is -0.394 e. The van der Waals surface area contributed by atoms with Gasteiger partial charge in [-0.25, -0.2) is 0 Å². The van der Waals surface area contributed by atoms with Gasteiger partial charge in [0.15, 0.2) is 0 Å². The van der Waals surface area contributed by atoms with E-state index >= 15 is 0 Å². The standard InChI is InChI=1S/C17H22BrN3O/c1-12(14-8-3-2-4-9-14)21(11-13-6-5-7-13)17(22)15(19)10-16(18)20/h2-4,8-10,12-13,20H,5-7,11,19H2,1H3/b15-10-,20-16?. The fourth-order valence-corrected chi connectivity index (χ4v) is 2.89. The van der Waals surface area contributed by atoms with E-state index < -0.39 is 0 Å². The quantitative estimate of drug-likeness (QED) is 0.598. The van der Waals surface area contributed by atoms with Gasteiger partial charge in [-0.15, -0.1) is 0 Å². The number of hydrogen-bond acceptors (Lipinski definition) is 3. The van der Waals surface area contributed by atoms with E-state index in [1.807, 2.05) is 42.2 Å². The third-order valence-electron chi connectivity index (χ3n) is 4.22. The predicted molar refractivity (Wildman–Crippen MR) is 92.8 cm³/mol. The van der Waals surface area contributed by atoms with Crippen molar-refractivity contribution in [2.45, 2.75) is 32.2 Å². The van der Waals surface area contributed by atoms with Crippen LogP contribution in [0.3, 0.4) is 0 Å². The van der Waals surface area contributed by atoms with Crippen LogP contribution in [-0.4, -0.2) is 22.0 Å². The molecule has 0 aliphatic heterocycles. The molecule has 1 aromatic carbocycles. The number of amides is 1. The van der Waals surface area contributed by atoms with Crippen LogP contribution in [0.4, 0.5) is 0 Å². The summed E-state index contributed by atoms with van der Waals surface area (Å²) in [5.74, 6) is 0.360. The van der Waals surface area contributed by atoms with Crippen LogP contribution in [-0.2, 0) is 4.79 Å². The molecule has 1 unspecified atom stereocenters. The van der Waals surface area contributed by atoms with Crippen molar-refractivity contribution in [2.24, 2.45) is 11.7 Å². The van der Waals surface area contributed by atoms with E-state index in [0.29, 0.717) is 5.92 Å². The first kappa shape index (κ1) is 16.7. The third-order valence-corrected chi connectivity index (χ3v) is 4.45. The second-order valence-corrected chi connectivity index (χ2v) is 6.64. The fourth-order valence-electron chi connectivity index (χ4n) is 2.65. The van der Waals surface area contributed by atoms with Crippen molar-refractivity contribution >= 4 is 26.5 Å². The summed E-state index contributed by atoms with van der Waals surface area (Å²) in [6, 6.07) is 9.94. The molecular weight excluding hydrogens is 342 g/mol. The molecule has 5 heteroatoms. The lowest BCUT2D eigenvalue weighted by Crippen LogP contribution is -2.41. The largest absolute Gasteiger partial charge is 0.394 e. The summed E-state index contributed by atoms with van der Waals surface area (Å²) < 4.78 is 0.106. The highest BCUT2D eigenvalue weighted by molar-refractivity contribution is 9.18. The van der Waals surface area contributed by atoms with Gasteiger partial charge in [-0.1, -0.05) is 36.8 Å². The molecule has 0 heterocycles. The molecule has 0 radical (unpaired) electrons. The van der Waals surface area contributed by atoms with Crippen LogP contribution in [0.1, 0.15) is 37.8 Å². The maximum Gasteiger partial charge on any atom is 0.270 e. The molecule has 0 spiro atoms. The SMILES string of the molecule is CC(c1ccccc1)N(CC1CCC1)C(=O)/C(N)=C/C(=N)Br. The fraction of sp³-hybridized carbons (Fsp3) is 0.412. The van der Waals surface area contributed by atoms with Gasteiger partial charge < -0.3 is 10.6 Å². The molecule has 1 aliphatic rings. The van der Waals surface area contributed by atoms with Crippen LogP contribution in [0.15, 0.2) is 42.1 Å². The molecule has 1 fully saturated rings. The maximum absolute atomic E-state index is 12.7. The van der Waals surface area contributed by atoms with Gasteiger partial charge in [0.1, 0.15) is 5.70 Å². The van der Waals surface area contributed by atoms with Crippen molar-refractivity contribution in [3.63, 3.8) is 0 Å². The average molecular weight is 364 g/mol. The summed E-state index contributed by atoms with van der Waals surface area (Å²) in [5, 5.41) is 7.41. The zero-order chi connectivity index (χ0) is 16.1. The van der Waals surface area contributed by atoms with Gasteiger partial charge in [0.2, 0.25) is 0 Å². The number of carbonyl (C=O) groups excluding carboxylic acids is 1. The van der Waals surface area contributed by atoms with E-state index in [0.717, 1.165) is 12.1 Å². The first-order valence-corrected chi connectivity index (χ1v) is 8.35. The highest BCUT2D eigenvalue weighted by Crippen LogP contribution is 2.31. The van der Waals surface area contributed by atoms with E-state index in [1.54, 1.807) is 0 Å². The molecular formula is C17H22BrN3O. The molecule has 1 saturated carbocycles. The molecule has 1 atom stereocenters. The van der Waals surface area contributed by atoms with Gasteiger partial charge >= 0.3 is 0 Å². The molecule has 0 bridgehead atoms. The predicted octanol–water partition coefficient (Wildman–Crippen LogP) is 3.59. The zero-order valence-corrected chi connectivity index (χ0v) is 14.3. The second kappa shape index (κ2) is 7.58. The van der Waals surface area contributed by atoms with E-state index in [2.05, 4.69) is 15.9 Å². The molecule has 1 amide bonds. The average Bonchev–Trinajstić information content (AvgIpc) is 2.45. The van der Waals surface area contributed by atoms with Gasteiger partial charge in [-0.3, -0.25) is 10.2 Å². The van der Waals surface area contributed by atoms with Crippen molar-refractivity contribution in [3.8, 4) is 0 Å². The Balaban J connectivity index is 2.21. The van der Waals surface area contributed by atoms with Crippen LogP contribution in [0.5, 0.6) is 0 Å². The zero-order valence-electron chi connectivity index (χ0n) is 12.8. The monoisotopic (exact) mass is 363 g/mol. The Labute approximate surface area is 140 Å². The van der Waals surface area contributed by atoms with Gasteiger partial charge in [0.25, 0.3) is 5.91 Å². The number of nitrogens with one attached hydrogen (secondary N) is 1. The van der Waals surface area contributed by atoms with E-state index in [-0.39, 0.29) is 22.3 Å². The lowest BCUT2D eigenvalue weighted by molar-refractivity contribution is -0.130. The first-order valence-electron chi connectivity index (χ1n) is 7.56. The normalized spacial score (nSPS) is 16.7. The van der Waals surface area contributed by atoms with Crippen LogP contribution < -0.4 is 5.73 Å². The number of benzene rings is 1. The van der Waals surface area contributed by atoms with Crippen molar-refractivity contribution in [1.82, 2.24) is 4.90 Å². The Bertz CT molecular complexity index is 567. The Hall–Kier alpha value is -1.62. The summed E-state index contributed by atoms with van der Waals surface area (Å²) in [5.41, 5.74) is 7.06. The highest BCUT2D eigenvalue weighted by atomic mass is 79.9. The second-order valence-electron chi connectivity index (χ2n) is 5.79. The topological polar surface area (TPSA) is 70.2 Å². The molecule has 2 rings (SSSR count). The van der Waals surface area contributed by atoms with Crippen molar-refractivity contribution in [3.05, 3.63) is 47.7 Å². The van der Waals surface area contributed by atoms with E-state index in [4.69, 9.17) is 11.1 Å². The van der Waals surface area contributed by atoms with E-state index in [1.165, 1.54) is 25.3 Å². The molecule has 1 aliphatic carbocycles. The number of rotatable bonds is 6. The lowest BCUT2D eigenvalue weighted by atomic mass is 9.84. The summed E-state index contributed by atoms with van der Waals surface area (Å²) >= 11 is 3.01. The van der Waals surface area contributed by atoms with Gasteiger partial charge in [-0.2, -0.15) is 0 Å². The Morgan fingerprint density at radius 3 is 2.59 bits per heavy atom.